The highest BCUT2D eigenvalue weighted by atomic mass is 32.2. The number of Topliss-reactive ketones (excluding diaryl/α,β-unsaturated/α-hetero) is 1. The Balaban J connectivity index is 1.99. The van der Waals surface area contributed by atoms with E-state index in [1.807, 2.05) is 54.6 Å². The predicted octanol–water partition coefficient (Wildman–Crippen LogP) is 6.10. The molecule has 1 heterocycles. The molecule has 0 fully saturated rings. The largest absolute Gasteiger partial charge is 0.481 e. The molecule has 0 unspecified atom stereocenters. The third kappa shape index (κ3) is 4.87. The Morgan fingerprint density at radius 1 is 1.00 bits per heavy atom. The van der Waals surface area contributed by atoms with Crippen molar-refractivity contribution in [3.8, 4) is 0 Å². The maximum Gasteiger partial charge on any atom is 0.305 e. The summed E-state index contributed by atoms with van der Waals surface area (Å²) in [6, 6.07) is 19.6. The second-order valence-electron chi connectivity index (χ2n) is 9.99. The van der Waals surface area contributed by atoms with Gasteiger partial charge in [-0.05, 0) is 52.4 Å². The lowest BCUT2D eigenvalue weighted by molar-refractivity contribution is -0.138. The standard InChI is InChI=1S/C28H29NO4S/c1-17(30)19-12-13-23-22(14-19)26(21-11-7-9-18-8-5-6-10-20(18)21)34-24(15-25(31)32)27(33)29(23)16-28(2,3)4/h5-14,24,26H,15-16H2,1-4H3,(H,31,32)/t24-,26-/m0/s1. The van der Waals surface area contributed by atoms with E-state index in [4.69, 9.17) is 0 Å². The van der Waals surface area contributed by atoms with Crippen molar-refractivity contribution in [2.75, 3.05) is 11.4 Å². The van der Waals surface area contributed by atoms with Crippen molar-refractivity contribution in [2.45, 2.75) is 44.6 Å². The van der Waals surface area contributed by atoms with Gasteiger partial charge in [-0.1, -0.05) is 63.2 Å². The second kappa shape index (κ2) is 9.26. The van der Waals surface area contributed by atoms with Crippen LogP contribution in [-0.2, 0) is 9.59 Å². The fourth-order valence-electron chi connectivity index (χ4n) is 4.47. The molecule has 3 aromatic rings. The molecule has 1 aliphatic rings. The average Bonchev–Trinajstić information content (AvgIpc) is 2.87. The van der Waals surface area contributed by atoms with Gasteiger partial charge in [0.25, 0.3) is 0 Å². The van der Waals surface area contributed by atoms with Crippen LogP contribution in [0.1, 0.15) is 60.9 Å². The molecule has 176 valence electrons. The van der Waals surface area contributed by atoms with Crippen molar-refractivity contribution in [3.63, 3.8) is 0 Å². The normalized spacial score (nSPS) is 18.5. The van der Waals surface area contributed by atoms with Crippen LogP contribution in [0.4, 0.5) is 5.69 Å². The number of amides is 1. The third-order valence-corrected chi connectivity index (χ3v) is 7.42. The van der Waals surface area contributed by atoms with Gasteiger partial charge in [-0.3, -0.25) is 14.4 Å². The van der Waals surface area contributed by atoms with Gasteiger partial charge in [0.1, 0.15) is 0 Å². The summed E-state index contributed by atoms with van der Waals surface area (Å²) < 4.78 is 0. The molecule has 5 nitrogen and oxygen atoms in total. The van der Waals surface area contributed by atoms with Crippen molar-refractivity contribution in [2.24, 2.45) is 5.41 Å². The number of anilines is 1. The molecule has 0 aliphatic carbocycles. The van der Waals surface area contributed by atoms with Gasteiger partial charge in [-0.2, -0.15) is 0 Å². The first-order chi connectivity index (χ1) is 16.0. The van der Waals surface area contributed by atoms with Crippen molar-refractivity contribution in [1.82, 2.24) is 0 Å². The van der Waals surface area contributed by atoms with E-state index in [1.54, 1.807) is 11.0 Å². The van der Waals surface area contributed by atoms with Crippen LogP contribution >= 0.6 is 11.8 Å². The van der Waals surface area contributed by atoms with Crippen LogP contribution in [0, 0.1) is 5.41 Å². The van der Waals surface area contributed by atoms with E-state index in [0.29, 0.717) is 12.1 Å². The smallest absolute Gasteiger partial charge is 0.305 e. The first-order valence-electron chi connectivity index (χ1n) is 11.4. The number of hydrogen-bond acceptors (Lipinski definition) is 4. The SMILES string of the molecule is CC(=O)c1ccc2c(c1)[C@H](c1cccc3ccccc13)S[C@@H](CC(=O)O)C(=O)N2CC(C)(C)C. The Labute approximate surface area is 204 Å². The quantitative estimate of drug-likeness (QED) is 0.451. The zero-order valence-corrected chi connectivity index (χ0v) is 20.7. The number of rotatable bonds is 5. The number of carbonyl (C=O) groups is 3. The minimum absolute atomic E-state index is 0.0514. The Bertz CT molecular complexity index is 1270. The number of thioether (sulfide) groups is 1. The lowest BCUT2D eigenvalue weighted by Gasteiger charge is -2.31. The summed E-state index contributed by atoms with van der Waals surface area (Å²) >= 11 is 1.37. The molecule has 6 heteroatoms. The van der Waals surface area contributed by atoms with E-state index in [1.165, 1.54) is 18.7 Å². The lowest BCUT2D eigenvalue weighted by Crippen LogP contribution is -2.42. The minimum Gasteiger partial charge on any atom is -0.481 e. The number of carboxylic acids is 1. The molecule has 0 aromatic heterocycles. The predicted molar refractivity (Wildman–Crippen MR) is 138 cm³/mol. The molecule has 1 amide bonds. The molecule has 3 aromatic carbocycles. The molecule has 0 saturated carbocycles. The maximum absolute atomic E-state index is 13.8. The van der Waals surface area contributed by atoms with E-state index >= 15 is 0 Å². The highest BCUT2D eigenvalue weighted by molar-refractivity contribution is 8.01. The van der Waals surface area contributed by atoms with E-state index in [2.05, 4.69) is 20.8 Å². The molecule has 0 bridgehead atoms. The summed E-state index contributed by atoms with van der Waals surface area (Å²) in [5.41, 5.74) is 2.97. The van der Waals surface area contributed by atoms with Crippen LogP contribution in [0.5, 0.6) is 0 Å². The lowest BCUT2D eigenvalue weighted by atomic mass is 9.92. The van der Waals surface area contributed by atoms with Crippen LogP contribution in [0.15, 0.2) is 60.7 Å². The van der Waals surface area contributed by atoms with Crippen molar-refractivity contribution in [1.29, 1.82) is 0 Å². The van der Waals surface area contributed by atoms with Crippen molar-refractivity contribution >= 4 is 45.9 Å². The summed E-state index contributed by atoms with van der Waals surface area (Å²) in [4.78, 5) is 39.5. The zero-order chi connectivity index (χ0) is 24.6. The minimum atomic E-state index is -1.01. The number of hydrogen-bond donors (Lipinski definition) is 1. The summed E-state index contributed by atoms with van der Waals surface area (Å²) in [5, 5.41) is 10.7. The van der Waals surface area contributed by atoms with Crippen molar-refractivity contribution in [3.05, 3.63) is 77.4 Å². The second-order valence-corrected chi connectivity index (χ2v) is 11.3. The molecule has 34 heavy (non-hydrogen) atoms. The molecular weight excluding hydrogens is 446 g/mol. The average molecular weight is 476 g/mol. The van der Waals surface area contributed by atoms with E-state index in [-0.39, 0.29) is 28.8 Å². The van der Waals surface area contributed by atoms with E-state index < -0.39 is 11.2 Å². The Morgan fingerprint density at radius 2 is 1.71 bits per heavy atom. The summed E-state index contributed by atoms with van der Waals surface area (Å²) in [6.07, 6.45) is -0.265. The van der Waals surface area contributed by atoms with Crippen molar-refractivity contribution < 1.29 is 19.5 Å². The monoisotopic (exact) mass is 475 g/mol. The van der Waals surface area contributed by atoms with Gasteiger partial charge < -0.3 is 10.0 Å². The highest BCUT2D eigenvalue weighted by Crippen LogP contribution is 2.49. The molecular formula is C28H29NO4S. The summed E-state index contributed by atoms with van der Waals surface area (Å²) in [5.74, 6) is -1.26. The van der Waals surface area contributed by atoms with Crippen LogP contribution in [0.2, 0.25) is 0 Å². The molecule has 1 aliphatic heterocycles. The van der Waals surface area contributed by atoms with Crippen LogP contribution < -0.4 is 4.90 Å². The molecule has 4 rings (SSSR count). The van der Waals surface area contributed by atoms with E-state index in [9.17, 15) is 19.5 Å². The Morgan fingerprint density at radius 3 is 2.38 bits per heavy atom. The molecule has 1 N–H and O–H groups in total. The number of carbonyl (C=O) groups excluding carboxylic acids is 2. The van der Waals surface area contributed by atoms with Crippen LogP contribution in [-0.4, -0.2) is 34.6 Å². The van der Waals surface area contributed by atoms with E-state index in [0.717, 1.165) is 27.6 Å². The summed E-state index contributed by atoms with van der Waals surface area (Å²) in [7, 11) is 0. The maximum atomic E-state index is 13.8. The zero-order valence-electron chi connectivity index (χ0n) is 19.9. The molecule has 0 radical (unpaired) electrons. The third-order valence-electron chi connectivity index (χ3n) is 5.95. The number of aliphatic carboxylic acids is 1. The fourth-order valence-corrected chi connectivity index (χ4v) is 5.97. The number of fused-ring (bicyclic) bond motifs is 2. The molecule has 0 saturated heterocycles. The molecule has 2 atom stereocenters. The highest BCUT2D eigenvalue weighted by Gasteiger charge is 2.39. The van der Waals surface area contributed by atoms with Gasteiger partial charge in [0.05, 0.1) is 16.9 Å². The number of ketones is 1. The van der Waals surface area contributed by atoms with Gasteiger partial charge in [0.2, 0.25) is 5.91 Å². The fraction of sp³-hybridized carbons (Fsp3) is 0.321. The topological polar surface area (TPSA) is 74.7 Å². The Kier molecular flexibility index (Phi) is 6.54. The number of benzene rings is 3. The number of carboxylic acid groups (broad SMARTS) is 1. The van der Waals surface area contributed by atoms with Crippen LogP contribution in [0.3, 0.4) is 0 Å². The first-order valence-corrected chi connectivity index (χ1v) is 12.3. The van der Waals surface area contributed by atoms with Crippen LogP contribution in [0.25, 0.3) is 10.8 Å². The van der Waals surface area contributed by atoms with Gasteiger partial charge in [-0.25, -0.2) is 0 Å². The Hall–Kier alpha value is -3.12. The van der Waals surface area contributed by atoms with Gasteiger partial charge in [0.15, 0.2) is 5.78 Å². The summed E-state index contributed by atoms with van der Waals surface area (Å²) in [6.45, 7) is 8.13. The van der Waals surface area contributed by atoms with Gasteiger partial charge in [-0.15, -0.1) is 11.8 Å². The van der Waals surface area contributed by atoms with Gasteiger partial charge >= 0.3 is 5.97 Å². The first kappa shape index (κ1) is 24.0. The molecule has 0 spiro atoms. The van der Waals surface area contributed by atoms with Gasteiger partial charge in [0, 0.05) is 17.8 Å². The number of nitrogens with zero attached hydrogens (tertiary/aromatic N) is 1.